The lowest BCUT2D eigenvalue weighted by atomic mass is 10.1. The molecular weight excluding hydrogens is 283 g/mol. The summed E-state index contributed by atoms with van der Waals surface area (Å²) >= 11 is 0. The van der Waals surface area contributed by atoms with Crippen molar-refractivity contribution in [2.75, 3.05) is 6.54 Å². The molecule has 0 aliphatic heterocycles. The minimum absolute atomic E-state index is 0.0854. The van der Waals surface area contributed by atoms with Gasteiger partial charge in [-0.2, -0.15) is 18.2 Å². The number of hydrogen-bond donors (Lipinski definition) is 1. The maximum atomic E-state index is 12.6. The van der Waals surface area contributed by atoms with Gasteiger partial charge in [-0.3, -0.25) is 0 Å². The lowest BCUT2D eigenvalue weighted by Gasteiger charge is -2.07. The third kappa shape index (κ3) is 4.04. The first kappa shape index (κ1) is 15.5. The van der Waals surface area contributed by atoms with Crippen LogP contribution in [0.15, 0.2) is 28.8 Å². The molecule has 0 fully saturated rings. The van der Waals surface area contributed by atoms with E-state index < -0.39 is 11.7 Å². The van der Waals surface area contributed by atoms with E-state index in [0.29, 0.717) is 17.3 Å². The van der Waals surface area contributed by atoms with E-state index in [2.05, 4.69) is 15.5 Å². The number of benzene rings is 1. The van der Waals surface area contributed by atoms with Gasteiger partial charge in [0.05, 0.1) is 11.6 Å². The average Bonchev–Trinajstić information content (AvgIpc) is 2.87. The van der Waals surface area contributed by atoms with Crippen molar-refractivity contribution in [2.45, 2.75) is 32.5 Å². The second kappa shape index (κ2) is 6.26. The highest BCUT2D eigenvalue weighted by Crippen LogP contribution is 2.29. The van der Waals surface area contributed by atoms with Crippen LogP contribution in [0.25, 0.3) is 0 Å². The van der Waals surface area contributed by atoms with E-state index in [4.69, 9.17) is 4.52 Å². The van der Waals surface area contributed by atoms with Gasteiger partial charge in [0.2, 0.25) is 5.89 Å². The summed E-state index contributed by atoms with van der Waals surface area (Å²) in [6.07, 6.45) is -4.15. The van der Waals surface area contributed by atoms with Crippen LogP contribution in [0, 0.1) is 0 Å². The smallest absolute Gasteiger partial charge is 0.338 e. The van der Waals surface area contributed by atoms with Crippen molar-refractivity contribution in [3.05, 3.63) is 47.1 Å². The Balaban J connectivity index is 2.12. The Hall–Kier alpha value is -1.89. The van der Waals surface area contributed by atoms with Crippen LogP contribution in [-0.4, -0.2) is 16.7 Å². The molecule has 0 aliphatic carbocycles. The van der Waals surface area contributed by atoms with Crippen molar-refractivity contribution >= 4 is 0 Å². The van der Waals surface area contributed by atoms with Crippen molar-refractivity contribution < 1.29 is 17.7 Å². The van der Waals surface area contributed by atoms with Crippen molar-refractivity contribution in [2.24, 2.45) is 0 Å². The molecule has 1 atom stereocenters. The van der Waals surface area contributed by atoms with Crippen LogP contribution in [0.4, 0.5) is 13.2 Å². The Kier molecular flexibility index (Phi) is 4.62. The standard InChI is InChI=1S/C14H16F3N3O/c1-3-18-9(2)13-19-12(20-21-13)8-10-5-4-6-11(7-10)14(15,16)17/h4-7,9,18H,3,8H2,1-2H3. The zero-order valence-corrected chi connectivity index (χ0v) is 11.7. The molecule has 0 spiro atoms. The quantitative estimate of drug-likeness (QED) is 0.920. The molecule has 1 aromatic carbocycles. The molecule has 0 radical (unpaired) electrons. The van der Waals surface area contributed by atoms with Gasteiger partial charge in [0.25, 0.3) is 0 Å². The highest BCUT2D eigenvalue weighted by Gasteiger charge is 2.30. The van der Waals surface area contributed by atoms with Crippen molar-refractivity contribution in [3.63, 3.8) is 0 Å². The van der Waals surface area contributed by atoms with Gasteiger partial charge in [0.1, 0.15) is 0 Å². The van der Waals surface area contributed by atoms with Crippen molar-refractivity contribution in [3.8, 4) is 0 Å². The normalized spacial score (nSPS) is 13.4. The molecule has 2 rings (SSSR count). The molecule has 1 heterocycles. The second-order valence-electron chi connectivity index (χ2n) is 4.70. The Morgan fingerprint density at radius 1 is 1.33 bits per heavy atom. The summed E-state index contributed by atoms with van der Waals surface area (Å²) in [5.41, 5.74) is -0.182. The van der Waals surface area contributed by atoms with Crippen molar-refractivity contribution in [1.82, 2.24) is 15.5 Å². The summed E-state index contributed by atoms with van der Waals surface area (Å²) in [4.78, 5) is 4.19. The molecule has 0 amide bonds. The van der Waals surface area contributed by atoms with E-state index in [-0.39, 0.29) is 12.5 Å². The van der Waals surface area contributed by atoms with Gasteiger partial charge in [0.15, 0.2) is 5.82 Å². The van der Waals surface area contributed by atoms with Gasteiger partial charge in [-0.25, -0.2) is 0 Å². The van der Waals surface area contributed by atoms with Gasteiger partial charge in [-0.05, 0) is 25.1 Å². The average molecular weight is 299 g/mol. The second-order valence-corrected chi connectivity index (χ2v) is 4.70. The van der Waals surface area contributed by atoms with Gasteiger partial charge in [0, 0.05) is 6.42 Å². The Bertz CT molecular complexity index is 595. The number of hydrogen-bond acceptors (Lipinski definition) is 4. The number of aromatic nitrogens is 2. The maximum Gasteiger partial charge on any atom is 0.416 e. The zero-order valence-electron chi connectivity index (χ0n) is 11.7. The molecule has 0 aliphatic rings. The predicted octanol–water partition coefficient (Wildman–Crippen LogP) is 3.35. The number of rotatable bonds is 5. The van der Waals surface area contributed by atoms with E-state index >= 15 is 0 Å². The fourth-order valence-electron chi connectivity index (χ4n) is 1.95. The molecule has 4 nitrogen and oxygen atoms in total. The maximum absolute atomic E-state index is 12.6. The molecule has 0 bridgehead atoms. The van der Waals surface area contributed by atoms with Gasteiger partial charge in [-0.1, -0.05) is 30.3 Å². The van der Waals surface area contributed by atoms with Gasteiger partial charge < -0.3 is 9.84 Å². The molecule has 21 heavy (non-hydrogen) atoms. The van der Waals surface area contributed by atoms with E-state index in [9.17, 15) is 13.2 Å². The zero-order chi connectivity index (χ0) is 15.5. The van der Waals surface area contributed by atoms with Crippen LogP contribution in [-0.2, 0) is 12.6 Å². The van der Waals surface area contributed by atoms with E-state index in [1.807, 2.05) is 13.8 Å². The summed E-state index contributed by atoms with van der Waals surface area (Å²) in [7, 11) is 0. The summed E-state index contributed by atoms with van der Waals surface area (Å²) in [6, 6.07) is 5.04. The summed E-state index contributed by atoms with van der Waals surface area (Å²) in [5.74, 6) is 0.799. The summed E-state index contributed by atoms with van der Waals surface area (Å²) < 4.78 is 43.0. The number of alkyl halides is 3. The minimum atomic E-state index is -4.35. The molecule has 0 saturated carbocycles. The van der Waals surface area contributed by atoms with E-state index in [0.717, 1.165) is 18.7 Å². The molecule has 2 aromatic rings. The fraction of sp³-hybridized carbons (Fsp3) is 0.429. The third-order valence-corrected chi connectivity index (χ3v) is 2.98. The van der Waals surface area contributed by atoms with E-state index in [1.165, 1.54) is 6.07 Å². The molecule has 1 unspecified atom stereocenters. The molecular formula is C14H16F3N3O. The monoisotopic (exact) mass is 299 g/mol. The lowest BCUT2D eigenvalue weighted by molar-refractivity contribution is -0.137. The number of nitrogens with one attached hydrogen (secondary N) is 1. The van der Waals surface area contributed by atoms with Crippen LogP contribution in [0.5, 0.6) is 0 Å². The highest BCUT2D eigenvalue weighted by atomic mass is 19.4. The highest BCUT2D eigenvalue weighted by molar-refractivity contribution is 5.27. The van der Waals surface area contributed by atoms with Crippen LogP contribution in [0.2, 0.25) is 0 Å². The first-order valence-corrected chi connectivity index (χ1v) is 6.62. The Morgan fingerprint density at radius 3 is 2.76 bits per heavy atom. The molecule has 7 heteroatoms. The van der Waals surface area contributed by atoms with Gasteiger partial charge >= 0.3 is 6.18 Å². The number of halogens is 3. The van der Waals surface area contributed by atoms with Crippen LogP contribution in [0.3, 0.4) is 0 Å². The molecule has 114 valence electrons. The molecule has 1 aromatic heterocycles. The lowest BCUT2D eigenvalue weighted by Crippen LogP contribution is -2.17. The van der Waals surface area contributed by atoms with Gasteiger partial charge in [-0.15, -0.1) is 0 Å². The first-order chi connectivity index (χ1) is 9.90. The van der Waals surface area contributed by atoms with Crippen LogP contribution in [0.1, 0.15) is 42.7 Å². The largest absolute Gasteiger partial charge is 0.416 e. The third-order valence-electron chi connectivity index (χ3n) is 2.98. The van der Waals surface area contributed by atoms with Crippen molar-refractivity contribution in [1.29, 1.82) is 0 Å². The molecule has 0 saturated heterocycles. The van der Waals surface area contributed by atoms with E-state index in [1.54, 1.807) is 6.07 Å². The molecule has 1 N–H and O–H groups in total. The Labute approximate surface area is 120 Å². The first-order valence-electron chi connectivity index (χ1n) is 6.62. The fourth-order valence-corrected chi connectivity index (χ4v) is 1.95. The Morgan fingerprint density at radius 2 is 2.10 bits per heavy atom. The van der Waals surface area contributed by atoms with Crippen LogP contribution < -0.4 is 5.32 Å². The number of nitrogens with zero attached hydrogens (tertiary/aromatic N) is 2. The summed E-state index contributed by atoms with van der Waals surface area (Å²) in [5, 5.41) is 6.92. The van der Waals surface area contributed by atoms with Crippen LogP contribution >= 0.6 is 0 Å². The predicted molar refractivity (Wildman–Crippen MR) is 70.6 cm³/mol. The minimum Gasteiger partial charge on any atom is -0.338 e. The SMILES string of the molecule is CCNC(C)c1nc(Cc2cccc(C(F)(F)F)c2)no1. The summed E-state index contributed by atoms with van der Waals surface area (Å²) in [6.45, 7) is 4.59. The topological polar surface area (TPSA) is 51.0 Å².